The Bertz CT molecular complexity index is 961. The normalized spacial score (nSPS) is 10.8. The number of carbonyl (C=O) groups is 1. The fraction of sp³-hybridized carbons (Fsp3) is 0.238. The van der Waals surface area contributed by atoms with Crippen molar-refractivity contribution in [3.05, 3.63) is 64.3 Å². The summed E-state index contributed by atoms with van der Waals surface area (Å²) in [7, 11) is 1.89. The molecule has 0 spiro atoms. The van der Waals surface area contributed by atoms with Gasteiger partial charge in [0.05, 0.1) is 12.1 Å². The van der Waals surface area contributed by atoms with Crippen LogP contribution in [0.25, 0.3) is 10.9 Å². The molecule has 0 saturated carbocycles. The highest BCUT2D eigenvalue weighted by molar-refractivity contribution is 6.31. The minimum absolute atomic E-state index is 0.0606. The Morgan fingerprint density at radius 2 is 1.81 bits per heavy atom. The van der Waals surface area contributed by atoms with E-state index >= 15 is 0 Å². The van der Waals surface area contributed by atoms with Crippen LogP contribution in [0.4, 0.5) is 11.4 Å². The summed E-state index contributed by atoms with van der Waals surface area (Å²) in [5.74, 6) is -0.0606. The smallest absolute Gasteiger partial charge is 0.243 e. The molecule has 3 rings (SSSR count). The van der Waals surface area contributed by atoms with Gasteiger partial charge < -0.3 is 10.2 Å². The van der Waals surface area contributed by atoms with Crippen molar-refractivity contribution in [1.82, 2.24) is 4.98 Å². The first kappa shape index (κ1) is 18.2. The van der Waals surface area contributed by atoms with Crippen molar-refractivity contribution < 1.29 is 4.79 Å². The number of anilines is 2. The van der Waals surface area contributed by atoms with Crippen LogP contribution < -0.4 is 10.2 Å². The van der Waals surface area contributed by atoms with Crippen LogP contribution in [0.1, 0.15) is 16.7 Å². The molecule has 1 heterocycles. The van der Waals surface area contributed by atoms with Gasteiger partial charge in [0.1, 0.15) is 0 Å². The largest absolute Gasteiger partial charge is 0.365 e. The third-order valence-corrected chi connectivity index (χ3v) is 4.65. The summed E-state index contributed by atoms with van der Waals surface area (Å²) in [4.78, 5) is 18.9. The van der Waals surface area contributed by atoms with Crippen molar-refractivity contribution in [2.75, 3.05) is 23.8 Å². The number of aryl methyl sites for hydroxylation is 3. The van der Waals surface area contributed by atoms with E-state index < -0.39 is 0 Å². The maximum Gasteiger partial charge on any atom is 0.243 e. The number of nitrogens with zero attached hydrogens (tertiary/aromatic N) is 2. The first-order valence-corrected chi connectivity index (χ1v) is 8.86. The van der Waals surface area contributed by atoms with Gasteiger partial charge in [0.2, 0.25) is 5.91 Å². The van der Waals surface area contributed by atoms with Crippen LogP contribution >= 0.6 is 11.6 Å². The van der Waals surface area contributed by atoms with Crippen molar-refractivity contribution in [1.29, 1.82) is 0 Å². The predicted octanol–water partition coefficient (Wildman–Crippen LogP) is 4.89. The number of nitrogens with one attached hydrogen (secondary N) is 1. The Morgan fingerprint density at radius 1 is 1.12 bits per heavy atom. The van der Waals surface area contributed by atoms with Crippen LogP contribution in [0, 0.1) is 20.8 Å². The molecule has 3 aromatic rings. The minimum Gasteiger partial charge on any atom is -0.365 e. The summed E-state index contributed by atoms with van der Waals surface area (Å²) in [6.45, 7) is 6.31. The lowest BCUT2D eigenvalue weighted by atomic mass is 10.1. The van der Waals surface area contributed by atoms with E-state index in [0.29, 0.717) is 5.02 Å². The zero-order valence-electron chi connectivity index (χ0n) is 15.4. The molecular weight excluding hydrogens is 346 g/mol. The van der Waals surface area contributed by atoms with Crippen LogP contribution in [0.15, 0.2) is 42.6 Å². The van der Waals surface area contributed by atoms with Crippen molar-refractivity contribution >= 4 is 39.8 Å². The van der Waals surface area contributed by atoms with E-state index in [1.54, 1.807) is 6.20 Å². The van der Waals surface area contributed by atoms with Gasteiger partial charge in [-0.3, -0.25) is 9.78 Å². The number of carbonyl (C=O) groups excluding carboxylic acids is 1. The number of likely N-dealkylation sites (N-methyl/N-ethyl adjacent to an activating group) is 1. The van der Waals surface area contributed by atoms with Crippen LogP contribution in [0.5, 0.6) is 0 Å². The molecule has 5 heteroatoms. The summed E-state index contributed by atoms with van der Waals surface area (Å²) < 4.78 is 0. The van der Waals surface area contributed by atoms with Crippen LogP contribution in [-0.4, -0.2) is 24.5 Å². The number of fused-ring (bicyclic) bond motifs is 1. The number of pyridine rings is 1. The number of halogens is 1. The molecule has 26 heavy (non-hydrogen) atoms. The van der Waals surface area contributed by atoms with Gasteiger partial charge in [0.15, 0.2) is 0 Å². The van der Waals surface area contributed by atoms with Gasteiger partial charge in [0, 0.05) is 35.0 Å². The Labute approximate surface area is 158 Å². The maximum atomic E-state index is 12.6. The average molecular weight is 368 g/mol. The predicted molar refractivity (Wildman–Crippen MR) is 109 cm³/mol. The number of rotatable bonds is 4. The summed E-state index contributed by atoms with van der Waals surface area (Å²) in [5, 5.41) is 4.62. The van der Waals surface area contributed by atoms with E-state index in [1.807, 2.05) is 50.1 Å². The molecule has 0 aliphatic rings. The third-order valence-electron chi connectivity index (χ3n) is 4.41. The van der Waals surface area contributed by atoms with Crippen molar-refractivity contribution in [2.45, 2.75) is 20.8 Å². The lowest BCUT2D eigenvalue weighted by molar-refractivity contribution is -0.114. The number of hydrogen-bond acceptors (Lipinski definition) is 3. The fourth-order valence-electron chi connectivity index (χ4n) is 3.29. The van der Waals surface area contributed by atoms with Gasteiger partial charge in [-0.1, -0.05) is 29.3 Å². The number of amides is 1. The summed E-state index contributed by atoms with van der Waals surface area (Å²) >= 11 is 6.13. The summed E-state index contributed by atoms with van der Waals surface area (Å²) in [6.07, 6.45) is 1.74. The van der Waals surface area contributed by atoms with Crippen LogP contribution in [-0.2, 0) is 4.79 Å². The zero-order valence-corrected chi connectivity index (χ0v) is 16.2. The third kappa shape index (κ3) is 3.81. The van der Waals surface area contributed by atoms with Crippen molar-refractivity contribution in [3.63, 3.8) is 0 Å². The lowest BCUT2D eigenvalue weighted by Crippen LogP contribution is -2.30. The quantitative estimate of drug-likeness (QED) is 0.714. The van der Waals surface area contributed by atoms with Gasteiger partial charge in [0.25, 0.3) is 0 Å². The Morgan fingerprint density at radius 3 is 2.50 bits per heavy atom. The van der Waals surface area contributed by atoms with E-state index in [0.717, 1.165) is 33.4 Å². The molecule has 4 nitrogen and oxygen atoms in total. The van der Waals surface area contributed by atoms with E-state index in [2.05, 4.69) is 29.4 Å². The average Bonchev–Trinajstić information content (AvgIpc) is 2.57. The number of aromatic nitrogens is 1. The molecule has 0 fully saturated rings. The molecule has 0 bridgehead atoms. The standard InChI is InChI=1S/C21H22ClN3O/c1-13-9-14(2)21(15(3)10-13)24-20(26)12-25(4)19-7-8-23-18-6-5-16(22)11-17(18)19/h5-11H,12H2,1-4H3,(H,24,26). The van der Waals surface area contributed by atoms with Crippen LogP contribution in [0.3, 0.4) is 0 Å². The van der Waals surface area contributed by atoms with Gasteiger partial charge in [-0.15, -0.1) is 0 Å². The molecule has 0 unspecified atom stereocenters. The Kier molecular flexibility index (Phi) is 5.14. The topological polar surface area (TPSA) is 45.2 Å². The molecule has 134 valence electrons. The second kappa shape index (κ2) is 7.34. The zero-order chi connectivity index (χ0) is 18.8. The fourth-order valence-corrected chi connectivity index (χ4v) is 3.47. The molecule has 2 aromatic carbocycles. The highest BCUT2D eigenvalue weighted by Gasteiger charge is 2.13. The highest BCUT2D eigenvalue weighted by atomic mass is 35.5. The molecule has 1 N–H and O–H groups in total. The Balaban J connectivity index is 1.81. The van der Waals surface area contributed by atoms with E-state index in [9.17, 15) is 4.79 Å². The summed E-state index contributed by atoms with van der Waals surface area (Å²) in [6, 6.07) is 11.6. The SMILES string of the molecule is Cc1cc(C)c(NC(=O)CN(C)c2ccnc3ccc(Cl)cc23)c(C)c1. The minimum atomic E-state index is -0.0606. The second-order valence-corrected chi connectivity index (χ2v) is 7.11. The van der Waals surface area contributed by atoms with E-state index in [1.165, 1.54) is 5.56 Å². The Hall–Kier alpha value is -2.59. The molecule has 1 amide bonds. The molecule has 1 aromatic heterocycles. The maximum absolute atomic E-state index is 12.6. The van der Waals surface area contributed by atoms with Gasteiger partial charge in [-0.05, 0) is 56.2 Å². The van der Waals surface area contributed by atoms with Crippen molar-refractivity contribution in [3.8, 4) is 0 Å². The number of hydrogen-bond donors (Lipinski definition) is 1. The van der Waals surface area contributed by atoms with Gasteiger partial charge in [-0.2, -0.15) is 0 Å². The first-order chi connectivity index (χ1) is 12.3. The molecule has 0 atom stereocenters. The lowest BCUT2D eigenvalue weighted by Gasteiger charge is -2.21. The summed E-state index contributed by atoms with van der Waals surface area (Å²) in [5.41, 5.74) is 5.99. The molecular formula is C21H22ClN3O. The first-order valence-electron chi connectivity index (χ1n) is 8.48. The van der Waals surface area contributed by atoms with Gasteiger partial charge >= 0.3 is 0 Å². The van der Waals surface area contributed by atoms with E-state index in [-0.39, 0.29) is 12.5 Å². The molecule has 0 aliphatic heterocycles. The number of benzene rings is 2. The van der Waals surface area contributed by atoms with Crippen molar-refractivity contribution in [2.24, 2.45) is 0 Å². The molecule has 0 radical (unpaired) electrons. The molecule has 0 saturated heterocycles. The van der Waals surface area contributed by atoms with Crippen LogP contribution in [0.2, 0.25) is 5.02 Å². The van der Waals surface area contributed by atoms with E-state index in [4.69, 9.17) is 11.6 Å². The monoisotopic (exact) mass is 367 g/mol. The second-order valence-electron chi connectivity index (χ2n) is 6.67. The van der Waals surface area contributed by atoms with Gasteiger partial charge in [-0.25, -0.2) is 0 Å². The highest BCUT2D eigenvalue weighted by Crippen LogP contribution is 2.27. The molecule has 0 aliphatic carbocycles.